The summed E-state index contributed by atoms with van der Waals surface area (Å²) in [6.07, 6.45) is 4.99. The molecular formula is C11H7BrN2O3. The van der Waals surface area contributed by atoms with Gasteiger partial charge in [-0.15, -0.1) is 0 Å². The Bertz CT molecular complexity index is 578. The Morgan fingerprint density at radius 2 is 2.12 bits per heavy atom. The Kier molecular flexibility index (Phi) is 3.06. The largest absolute Gasteiger partial charge is 0.475 e. The highest BCUT2D eigenvalue weighted by atomic mass is 79.9. The number of benzene rings is 1. The molecule has 2 rings (SSSR count). The Hall–Kier alpha value is -1.95. The van der Waals surface area contributed by atoms with Crippen LogP contribution in [0.15, 0.2) is 41.4 Å². The second-order valence-electron chi connectivity index (χ2n) is 3.27. The van der Waals surface area contributed by atoms with Crippen LogP contribution in [-0.2, 0) is 4.79 Å². The molecule has 86 valence electrons. The Morgan fingerprint density at radius 3 is 2.65 bits per heavy atom. The van der Waals surface area contributed by atoms with E-state index in [2.05, 4.69) is 20.9 Å². The lowest BCUT2D eigenvalue weighted by molar-refractivity contribution is -0.131. The first-order valence-corrected chi connectivity index (χ1v) is 5.44. The van der Waals surface area contributed by atoms with Crippen molar-refractivity contribution in [3.8, 4) is 5.69 Å². The lowest BCUT2D eigenvalue weighted by Crippen LogP contribution is -2.12. The third-order valence-corrected chi connectivity index (χ3v) is 2.82. The lowest BCUT2D eigenvalue weighted by atomic mass is 10.1. The molecule has 2 aromatic rings. The summed E-state index contributed by atoms with van der Waals surface area (Å²) in [4.78, 5) is 25.7. The number of carbonyl (C=O) groups is 2. The van der Waals surface area contributed by atoms with Crippen LogP contribution >= 0.6 is 15.9 Å². The van der Waals surface area contributed by atoms with Crippen LogP contribution in [-0.4, -0.2) is 26.4 Å². The fourth-order valence-electron chi connectivity index (χ4n) is 1.38. The average molecular weight is 295 g/mol. The number of imidazole rings is 1. The van der Waals surface area contributed by atoms with Crippen molar-refractivity contribution in [1.82, 2.24) is 9.55 Å². The van der Waals surface area contributed by atoms with Crippen molar-refractivity contribution >= 4 is 27.7 Å². The van der Waals surface area contributed by atoms with Crippen molar-refractivity contribution in [2.45, 2.75) is 0 Å². The van der Waals surface area contributed by atoms with Crippen LogP contribution < -0.4 is 0 Å². The van der Waals surface area contributed by atoms with Crippen LogP contribution in [0, 0.1) is 0 Å². The van der Waals surface area contributed by atoms with Crippen molar-refractivity contribution < 1.29 is 14.7 Å². The van der Waals surface area contributed by atoms with Crippen LogP contribution in [0.1, 0.15) is 10.4 Å². The van der Waals surface area contributed by atoms with Crippen LogP contribution in [0.25, 0.3) is 5.69 Å². The van der Waals surface area contributed by atoms with E-state index in [4.69, 9.17) is 5.11 Å². The molecule has 1 N–H and O–H groups in total. The predicted octanol–water partition coefficient (Wildman–Crippen LogP) is 1.90. The molecule has 0 saturated heterocycles. The molecule has 1 aromatic heterocycles. The molecule has 0 amide bonds. The molecule has 0 spiro atoms. The SMILES string of the molecule is O=C(O)C(=O)c1ccc(-n2ccnc2)c(Br)c1. The molecule has 0 aliphatic rings. The minimum Gasteiger partial charge on any atom is -0.475 e. The van der Waals surface area contributed by atoms with E-state index in [1.165, 1.54) is 12.1 Å². The van der Waals surface area contributed by atoms with Gasteiger partial charge in [-0.1, -0.05) is 0 Å². The van der Waals surface area contributed by atoms with Gasteiger partial charge < -0.3 is 9.67 Å². The van der Waals surface area contributed by atoms with Gasteiger partial charge in [0.05, 0.1) is 12.0 Å². The summed E-state index contributed by atoms with van der Waals surface area (Å²) in [7, 11) is 0. The Balaban J connectivity index is 2.42. The van der Waals surface area contributed by atoms with Gasteiger partial charge in [-0.2, -0.15) is 0 Å². The summed E-state index contributed by atoms with van der Waals surface area (Å²) in [6, 6.07) is 4.60. The maximum Gasteiger partial charge on any atom is 0.377 e. The van der Waals surface area contributed by atoms with Gasteiger partial charge in [-0.05, 0) is 34.1 Å². The first-order chi connectivity index (χ1) is 8.09. The topological polar surface area (TPSA) is 72.2 Å². The highest BCUT2D eigenvalue weighted by Gasteiger charge is 2.15. The summed E-state index contributed by atoms with van der Waals surface area (Å²) in [5.74, 6) is -2.39. The van der Waals surface area contributed by atoms with Gasteiger partial charge in [-0.25, -0.2) is 9.78 Å². The van der Waals surface area contributed by atoms with Crippen molar-refractivity contribution in [3.05, 3.63) is 47.0 Å². The zero-order chi connectivity index (χ0) is 12.4. The Morgan fingerprint density at radius 1 is 1.35 bits per heavy atom. The zero-order valence-corrected chi connectivity index (χ0v) is 10.1. The summed E-state index contributed by atoms with van der Waals surface area (Å²) < 4.78 is 2.38. The molecule has 0 unspecified atom stereocenters. The third kappa shape index (κ3) is 2.26. The summed E-state index contributed by atoms with van der Waals surface area (Å²) >= 11 is 3.29. The summed E-state index contributed by atoms with van der Waals surface area (Å²) in [6.45, 7) is 0. The van der Waals surface area contributed by atoms with Gasteiger partial charge in [0, 0.05) is 22.4 Å². The maximum absolute atomic E-state index is 11.3. The molecule has 0 aliphatic heterocycles. The van der Waals surface area contributed by atoms with E-state index in [1.807, 2.05) is 0 Å². The quantitative estimate of drug-likeness (QED) is 0.693. The molecule has 1 aromatic carbocycles. The fourth-order valence-corrected chi connectivity index (χ4v) is 1.97. The molecule has 0 bridgehead atoms. The minimum absolute atomic E-state index is 0.133. The number of ketones is 1. The average Bonchev–Trinajstić information content (AvgIpc) is 2.81. The van der Waals surface area contributed by atoms with Gasteiger partial charge >= 0.3 is 5.97 Å². The number of halogens is 1. The number of hydrogen-bond acceptors (Lipinski definition) is 3. The number of Topliss-reactive ketones (excluding diaryl/α,β-unsaturated/α-hetero) is 1. The molecule has 17 heavy (non-hydrogen) atoms. The van der Waals surface area contributed by atoms with Gasteiger partial charge in [0.15, 0.2) is 0 Å². The Labute approximate surface area is 105 Å². The molecule has 0 aliphatic carbocycles. The van der Waals surface area contributed by atoms with E-state index in [9.17, 15) is 9.59 Å². The number of carboxylic acid groups (broad SMARTS) is 1. The van der Waals surface area contributed by atoms with E-state index >= 15 is 0 Å². The maximum atomic E-state index is 11.3. The van der Waals surface area contributed by atoms with E-state index in [0.29, 0.717) is 4.47 Å². The first kappa shape index (κ1) is 11.5. The number of aromatic nitrogens is 2. The molecule has 0 saturated carbocycles. The number of aliphatic carboxylic acids is 1. The van der Waals surface area contributed by atoms with Gasteiger partial charge in [0.2, 0.25) is 0 Å². The number of carbonyl (C=O) groups excluding carboxylic acids is 1. The second-order valence-corrected chi connectivity index (χ2v) is 4.12. The fraction of sp³-hybridized carbons (Fsp3) is 0. The lowest BCUT2D eigenvalue weighted by Gasteiger charge is -2.06. The number of nitrogens with zero attached hydrogens (tertiary/aromatic N) is 2. The summed E-state index contributed by atoms with van der Waals surface area (Å²) in [5.41, 5.74) is 0.915. The molecule has 0 atom stereocenters. The van der Waals surface area contributed by atoms with Crippen LogP contribution in [0.2, 0.25) is 0 Å². The zero-order valence-electron chi connectivity index (χ0n) is 8.50. The van der Waals surface area contributed by atoms with Crippen molar-refractivity contribution in [2.24, 2.45) is 0 Å². The van der Waals surface area contributed by atoms with Crippen LogP contribution in [0.4, 0.5) is 0 Å². The highest BCUT2D eigenvalue weighted by molar-refractivity contribution is 9.10. The molecule has 0 radical (unpaired) electrons. The van der Waals surface area contributed by atoms with Crippen molar-refractivity contribution in [2.75, 3.05) is 0 Å². The number of carboxylic acids is 1. The summed E-state index contributed by atoms with van der Waals surface area (Å²) in [5, 5.41) is 8.60. The first-order valence-electron chi connectivity index (χ1n) is 4.65. The molecule has 6 heteroatoms. The molecule has 1 heterocycles. The highest BCUT2D eigenvalue weighted by Crippen LogP contribution is 2.22. The minimum atomic E-state index is -1.47. The van der Waals surface area contributed by atoms with Crippen molar-refractivity contribution in [1.29, 1.82) is 0 Å². The normalized spacial score (nSPS) is 10.2. The van der Waals surface area contributed by atoms with Gasteiger partial charge in [-0.3, -0.25) is 4.79 Å². The van der Waals surface area contributed by atoms with E-state index in [0.717, 1.165) is 5.69 Å². The number of hydrogen-bond donors (Lipinski definition) is 1. The third-order valence-electron chi connectivity index (χ3n) is 2.19. The van der Waals surface area contributed by atoms with Crippen LogP contribution in [0.3, 0.4) is 0 Å². The van der Waals surface area contributed by atoms with E-state index in [1.54, 1.807) is 29.4 Å². The van der Waals surface area contributed by atoms with Gasteiger partial charge in [0.1, 0.15) is 0 Å². The second kappa shape index (κ2) is 4.50. The predicted molar refractivity (Wildman–Crippen MR) is 63.2 cm³/mol. The van der Waals surface area contributed by atoms with Crippen LogP contribution in [0.5, 0.6) is 0 Å². The molecule has 5 nitrogen and oxygen atoms in total. The van der Waals surface area contributed by atoms with Gasteiger partial charge in [0.25, 0.3) is 5.78 Å². The molecular weight excluding hydrogens is 288 g/mol. The van der Waals surface area contributed by atoms with E-state index < -0.39 is 11.8 Å². The smallest absolute Gasteiger partial charge is 0.377 e. The standard InChI is InChI=1S/C11H7BrN2O3/c12-8-5-7(10(15)11(16)17)1-2-9(8)14-4-3-13-6-14/h1-6H,(H,16,17). The van der Waals surface area contributed by atoms with Crippen molar-refractivity contribution in [3.63, 3.8) is 0 Å². The monoisotopic (exact) mass is 294 g/mol. The number of rotatable bonds is 3. The van der Waals surface area contributed by atoms with E-state index in [-0.39, 0.29) is 5.56 Å². The molecule has 0 fully saturated rings.